The van der Waals surface area contributed by atoms with Crippen molar-refractivity contribution >= 4 is 0 Å². The van der Waals surface area contributed by atoms with Gasteiger partial charge in [0.25, 0.3) is 0 Å². The summed E-state index contributed by atoms with van der Waals surface area (Å²) >= 11 is 0. The SMILES string of the molecule is CCOC1(c2noc(CCC#N)n2)CCCCC1. The summed E-state index contributed by atoms with van der Waals surface area (Å²) in [6.07, 6.45) is 6.36. The molecule has 5 heteroatoms. The number of aromatic nitrogens is 2. The van der Waals surface area contributed by atoms with E-state index in [4.69, 9.17) is 14.5 Å². The van der Waals surface area contributed by atoms with Crippen LogP contribution in [-0.2, 0) is 16.8 Å². The highest BCUT2D eigenvalue weighted by Gasteiger charge is 2.39. The van der Waals surface area contributed by atoms with Crippen molar-refractivity contribution in [1.29, 1.82) is 5.26 Å². The van der Waals surface area contributed by atoms with Gasteiger partial charge >= 0.3 is 0 Å². The Balaban J connectivity index is 2.15. The lowest BCUT2D eigenvalue weighted by molar-refractivity contribution is -0.0777. The molecule has 0 aliphatic heterocycles. The third-order valence-electron chi connectivity index (χ3n) is 3.41. The van der Waals surface area contributed by atoms with Gasteiger partial charge in [-0.2, -0.15) is 10.2 Å². The standard InChI is InChI=1S/C13H19N3O2/c1-2-17-13(8-4-3-5-9-13)12-15-11(18-16-12)7-6-10-14/h2-9H2,1H3. The van der Waals surface area contributed by atoms with Crippen molar-refractivity contribution < 1.29 is 9.26 Å². The van der Waals surface area contributed by atoms with Gasteiger partial charge in [-0.3, -0.25) is 0 Å². The second-order valence-corrected chi connectivity index (χ2v) is 4.66. The van der Waals surface area contributed by atoms with Crippen LogP contribution in [0.5, 0.6) is 0 Å². The van der Waals surface area contributed by atoms with Gasteiger partial charge in [0.2, 0.25) is 11.7 Å². The van der Waals surface area contributed by atoms with E-state index in [9.17, 15) is 0 Å². The molecule has 5 nitrogen and oxygen atoms in total. The quantitative estimate of drug-likeness (QED) is 0.802. The molecule has 0 saturated heterocycles. The minimum Gasteiger partial charge on any atom is -0.367 e. The molecule has 1 heterocycles. The molecule has 0 amide bonds. The number of hydrogen-bond donors (Lipinski definition) is 0. The number of hydrogen-bond acceptors (Lipinski definition) is 5. The molecule has 1 aliphatic rings. The molecule has 0 atom stereocenters. The Hall–Kier alpha value is -1.41. The van der Waals surface area contributed by atoms with Crippen LogP contribution in [0.3, 0.4) is 0 Å². The Bertz CT molecular complexity index is 411. The summed E-state index contributed by atoms with van der Waals surface area (Å²) < 4.78 is 11.1. The first-order valence-electron chi connectivity index (χ1n) is 6.65. The normalized spacial score (nSPS) is 18.4. The zero-order valence-electron chi connectivity index (χ0n) is 10.8. The zero-order valence-corrected chi connectivity index (χ0v) is 10.8. The molecule has 1 aromatic rings. The number of nitrogens with zero attached hydrogens (tertiary/aromatic N) is 3. The third-order valence-corrected chi connectivity index (χ3v) is 3.41. The molecular weight excluding hydrogens is 230 g/mol. The first-order chi connectivity index (χ1) is 8.80. The van der Waals surface area contributed by atoms with Gasteiger partial charge in [-0.05, 0) is 19.8 Å². The van der Waals surface area contributed by atoms with Gasteiger partial charge in [0.1, 0.15) is 5.60 Å². The van der Waals surface area contributed by atoms with Crippen molar-refractivity contribution in [3.63, 3.8) is 0 Å². The van der Waals surface area contributed by atoms with E-state index in [2.05, 4.69) is 16.2 Å². The average Bonchev–Trinajstić information content (AvgIpc) is 2.87. The Kier molecular flexibility index (Phi) is 4.32. The molecule has 0 radical (unpaired) electrons. The maximum Gasteiger partial charge on any atom is 0.227 e. The lowest BCUT2D eigenvalue weighted by Gasteiger charge is -2.33. The maximum absolute atomic E-state index is 8.55. The van der Waals surface area contributed by atoms with Crippen molar-refractivity contribution in [3.05, 3.63) is 11.7 Å². The topological polar surface area (TPSA) is 71.9 Å². The number of aryl methyl sites for hydroxylation is 1. The van der Waals surface area contributed by atoms with Crippen LogP contribution in [0.1, 0.15) is 57.2 Å². The van der Waals surface area contributed by atoms with Crippen molar-refractivity contribution in [1.82, 2.24) is 10.1 Å². The molecule has 0 N–H and O–H groups in total. The molecule has 0 unspecified atom stereocenters. The molecule has 1 aliphatic carbocycles. The Morgan fingerprint density at radius 2 is 2.17 bits per heavy atom. The molecular formula is C13H19N3O2. The molecule has 0 spiro atoms. The minimum atomic E-state index is -0.360. The van der Waals surface area contributed by atoms with Crippen molar-refractivity contribution in [2.45, 2.75) is 57.5 Å². The molecule has 0 aromatic carbocycles. The number of ether oxygens (including phenoxy) is 1. The zero-order chi connectivity index (χ0) is 12.8. The van der Waals surface area contributed by atoms with E-state index in [1.807, 2.05) is 6.92 Å². The van der Waals surface area contributed by atoms with E-state index in [1.54, 1.807) is 0 Å². The van der Waals surface area contributed by atoms with Gasteiger partial charge < -0.3 is 9.26 Å². The molecule has 2 rings (SSSR count). The summed E-state index contributed by atoms with van der Waals surface area (Å²) in [5.74, 6) is 1.20. The van der Waals surface area contributed by atoms with Crippen LogP contribution in [0.2, 0.25) is 0 Å². The van der Waals surface area contributed by atoms with Crippen LogP contribution in [0.25, 0.3) is 0 Å². The van der Waals surface area contributed by atoms with Crippen molar-refractivity contribution in [2.24, 2.45) is 0 Å². The monoisotopic (exact) mass is 249 g/mol. The Labute approximate surface area is 107 Å². The van der Waals surface area contributed by atoms with E-state index in [1.165, 1.54) is 6.42 Å². The molecule has 18 heavy (non-hydrogen) atoms. The fraction of sp³-hybridized carbons (Fsp3) is 0.769. The Morgan fingerprint density at radius 3 is 2.83 bits per heavy atom. The first kappa shape index (κ1) is 13.0. The van der Waals surface area contributed by atoms with Gasteiger partial charge in [0.15, 0.2) is 0 Å². The largest absolute Gasteiger partial charge is 0.367 e. The lowest BCUT2D eigenvalue weighted by atomic mass is 9.84. The van der Waals surface area contributed by atoms with Crippen molar-refractivity contribution in [3.8, 4) is 6.07 Å². The van der Waals surface area contributed by atoms with E-state index in [0.717, 1.165) is 25.7 Å². The smallest absolute Gasteiger partial charge is 0.227 e. The van der Waals surface area contributed by atoms with E-state index in [-0.39, 0.29) is 5.60 Å². The van der Waals surface area contributed by atoms with Crippen LogP contribution < -0.4 is 0 Å². The van der Waals surface area contributed by atoms with Gasteiger partial charge in [-0.25, -0.2) is 0 Å². The van der Waals surface area contributed by atoms with Gasteiger partial charge in [-0.15, -0.1) is 0 Å². The van der Waals surface area contributed by atoms with Gasteiger partial charge in [-0.1, -0.05) is 24.4 Å². The maximum atomic E-state index is 8.55. The van der Waals surface area contributed by atoms with Gasteiger partial charge in [0, 0.05) is 19.4 Å². The van der Waals surface area contributed by atoms with Crippen LogP contribution in [0.15, 0.2) is 4.52 Å². The fourth-order valence-electron chi connectivity index (χ4n) is 2.54. The van der Waals surface area contributed by atoms with Crippen molar-refractivity contribution in [2.75, 3.05) is 6.61 Å². The van der Waals surface area contributed by atoms with Gasteiger partial charge in [0.05, 0.1) is 6.07 Å². The molecule has 98 valence electrons. The molecule has 1 aromatic heterocycles. The highest BCUT2D eigenvalue weighted by molar-refractivity contribution is 5.03. The Morgan fingerprint density at radius 1 is 1.39 bits per heavy atom. The summed E-state index contributed by atoms with van der Waals surface area (Å²) in [5, 5.41) is 12.6. The minimum absolute atomic E-state index is 0.360. The summed E-state index contributed by atoms with van der Waals surface area (Å²) in [6, 6.07) is 2.08. The van der Waals surface area contributed by atoms with Crippen LogP contribution >= 0.6 is 0 Å². The summed E-state index contributed by atoms with van der Waals surface area (Å²) in [4.78, 5) is 4.41. The summed E-state index contributed by atoms with van der Waals surface area (Å²) in [7, 11) is 0. The fourth-order valence-corrected chi connectivity index (χ4v) is 2.54. The number of rotatable bonds is 5. The predicted octanol–water partition coefficient (Wildman–Crippen LogP) is 2.72. The lowest BCUT2D eigenvalue weighted by Crippen LogP contribution is -2.33. The van der Waals surface area contributed by atoms with Crippen LogP contribution in [0, 0.1) is 11.3 Å². The predicted molar refractivity (Wildman–Crippen MR) is 64.6 cm³/mol. The van der Waals surface area contributed by atoms with E-state index >= 15 is 0 Å². The van der Waals surface area contributed by atoms with Crippen LogP contribution in [-0.4, -0.2) is 16.7 Å². The first-order valence-corrected chi connectivity index (χ1v) is 6.65. The summed E-state index contributed by atoms with van der Waals surface area (Å²) in [6.45, 7) is 2.65. The summed E-state index contributed by atoms with van der Waals surface area (Å²) in [5.41, 5.74) is -0.360. The second-order valence-electron chi connectivity index (χ2n) is 4.66. The third kappa shape index (κ3) is 2.70. The molecule has 1 fully saturated rings. The van der Waals surface area contributed by atoms with E-state index in [0.29, 0.717) is 31.2 Å². The molecule has 0 bridgehead atoms. The average molecular weight is 249 g/mol. The van der Waals surface area contributed by atoms with Crippen LogP contribution in [0.4, 0.5) is 0 Å². The second kappa shape index (κ2) is 5.96. The highest BCUT2D eigenvalue weighted by Crippen LogP contribution is 2.39. The number of nitriles is 1. The highest BCUT2D eigenvalue weighted by atomic mass is 16.5. The van der Waals surface area contributed by atoms with E-state index < -0.39 is 0 Å². The molecule has 1 saturated carbocycles.